The van der Waals surface area contributed by atoms with Crippen LogP contribution >= 0.6 is 0 Å². The molecule has 10 heteroatoms. The number of non-ortho nitro benzene ring substituents is 1. The number of rotatable bonds is 10. The molecular formula is C12H19N3O6S. The highest BCUT2D eigenvalue weighted by Crippen LogP contribution is 2.27. The number of benzene rings is 1. The molecule has 0 fully saturated rings. The highest BCUT2D eigenvalue weighted by Gasteiger charge is 2.21. The standard InChI is InChI=1S/C12H19N3O6S/c1-20-8-7-13-5-6-14-22(18,19)12-4-3-10(15(16)17)9-11(12)21-2/h3-4,9,13-14H,5-8H2,1-2H3. The Bertz CT molecular complexity index is 605. The molecule has 0 heterocycles. The maximum Gasteiger partial charge on any atom is 0.273 e. The molecule has 0 aliphatic rings. The van der Waals surface area contributed by atoms with E-state index in [1.54, 1.807) is 7.11 Å². The Morgan fingerprint density at radius 2 is 1.95 bits per heavy atom. The summed E-state index contributed by atoms with van der Waals surface area (Å²) in [6, 6.07) is 3.34. The van der Waals surface area contributed by atoms with Crippen LogP contribution in [0.4, 0.5) is 5.69 Å². The van der Waals surface area contributed by atoms with Crippen LogP contribution in [0, 0.1) is 10.1 Å². The van der Waals surface area contributed by atoms with Crippen molar-refractivity contribution in [2.24, 2.45) is 0 Å². The number of nitro groups is 1. The van der Waals surface area contributed by atoms with Crippen LogP contribution < -0.4 is 14.8 Å². The normalized spacial score (nSPS) is 11.4. The highest BCUT2D eigenvalue weighted by molar-refractivity contribution is 7.89. The van der Waals surface area contributed by atoms with Gasteiger partial charge in [0.05, 0.1) is 24.7 Å². The number of hydrogen-bond donors (Lipinski definition) is 2. The van der Waals surface area contributed by atoms with Crippen molar-refractivity contribution in [3.8, 4) is 5.75 Å². The number of nitro benzene ring substituents is 1. The second-order valence-corrected chi connectivity index (χ2v) is 5.97. The monoisotopic (exact) mass is 333 g/mol. The smallest absolute Gasteiger partial charge is 0.273 e. The van der Waals surface area contributed by atoms with Gasteiger partial charge in [0.15, 0.2) is 0 Å². The highest BCUT2D eigenvalue weighted by atomic mass is 32.2. The third-order valence-corrected chi connectivity index (χ3v) is 4.22. The molecular weight excluding hydrogens is 314 g/mol. The van der Waals surface area contributed by atoms with Gasteiger partial charge < -0.3 is 14.8 Å². The van der Waals surface area contributed by atoms with Crippen molar-refractivity contribution in [3.63, 3.8) is 0 Å². The molecule has 9 nitrogen and oxygen atoms in total. The Morgan fingerprint density at radius 3 is 2.55 bits per heavy atom. The van der Waals surface area contributed by atoms with E-state index in [4.69, 9.17) is 9.47 Å². The van der Waals surface area contributed by atoms with Crippen LogP contribution in [-0.4, -0.2) is 53.8 Å². The number of nitrogens with zero attached hydrogens (tertiary/aromatic N) is 1. The minimum Gasteiger partial charge on any atom is -0.495 e. The lowest BCUT2D eigenvalue weighted by Crippen LogP contribution is -2.33. The van der Waals surface area contributed by atoms with Gasteiger partial charge in [-0.15, -0.1) is 0 Å². The van der Waals surface area contributed by atoms with Gasteiger partial charge >= 0.3 is 0 Å². The first-order chi connectivity index (χ1) is 10.4. The molecule has 1 aromatic rings. The molecule has 0 aliphatic heterocycles. The van der Waals surface area contributed by atoms with Crippen molar-refractivity contribution < 1.29 is 22.8 Å². The fourth-order valence-electron chi connectivity index (χ4n) is 1.64. The molecule has 124 valence electrons. The van der Waals surface area contributed by atoms with Crippen molar-refractivity contribution in [1.29, 1.82) is 0 Å². The van der Waals surface area contributed by atoms with Crippen LogP contribution in [0.15, 0.2) is 23.1 Å². The predicted molar refractivity (Wildman–Crippen MR) is 79.6 cm³/mol. The van der Waals surface area contributed by atoms with Gasteiger partial charge in [-0.2, -0.15) is 0 Å². The lowest BCUT2D eigenvalue weighted by atomic mass is 10.3. The molecule has 0 atom stereocenters. The summed E-state index contributed by atoms with van der Waals surface area (Å²) in [6.45, 7) is 1.74. The van der Waals surface area contributed by atoms with Crippen molar-refractivity contribution in [3.05, 3.63) is 28.3 Å². The third kappa shape index (κ3) is 5.22. The largest absolute Gasteiger partial charge is 0.495 e. The maximum atomic E-state index is 12.2. The molecule has 0 saturated heterocycles. The molecule has 0 bridgehead atoms. The average Bonchev–Trinajstić information content (AvgIpc) is 2.50. The van der Waals surface area contributed by atoms with Gasteiger partial charge in [0.25, 0.3) is 5.69 Å². The van der Waals surface area contributed by atoms with Crippen LogP contribution in [-0.2, 0) is 14.8 Å². The zero-order valence-electron chi connectivity index (χ0n) is 12.4. The lowest BCUT2D eigenvalue weighted by Gasteiger charge is -2.11. The Labute approximate surface area is 128 Å². The quantitative estimate of drug-likeness (QED) is 0.354. The summed E-state index contributed by atoms with van der Waals surface area (Å²) < 4.78 is 36.5. The van der Waals surface area contributed by atoms with Crippen LogP contribution in [0.3, 0.4) is 0 Å². The number of hydrogen-bond acceptors (Lipinski definition) is 7. The zero-order valence-corrected chi connectivity index (χ0v) is 13.2. The van der Waals surface area contributed by atoms with Gasteiger partial charge in [-0.3, -0.25) is 10.1 Å². The summed E-state index contributed by atoms with van der Waals surface area (Å²) in [6.07, 6.45) is 0. The third-order valence-electron chi connectivity index (χ3n) is 2.72. The predicted octanol–water partition coefficient (Wildman–Crippen LogP) is 0.118. The van der Waals surface area contributed by atoms with Crippen LogP contribution in [0.5, 0.6) is 5.75 Å². The molecule has 0 spiro atoms. The van der Waals surface area contributed by atoms with Gasteiger partial charge in [-0.1, -0.05) is 0 Å². The van der Waals surface area contributed by atoms with E-state index in [1.807, 2.05) is 0 Å². The fourth-order valence-corrected chi connectivity index (χ4v) is 2.82. The number of methoxy groups -OCH3 is 2. The molecule has 1 rings (SSSR count). The fraction of sp³-hybridized carbons (Fsp3) is 0.500. The van der Waals surface area contributed by atoms with E-state index >= 15 is 0 Å². The number of sulfonamides is 1. The summed E-state index contributed by atoms with van der Waals surface area (Å²) in [5.74, 6) is -0.0750. The Morgan fingerprint density at radius 1 is 1.23 bits per heavy atom. The summed E-state index contributed by atoms with van der Waals surface area (Å²) >= 11 is 0. The number of nitrogens with one attached hydrogen (secondary N) is 2. The van der Waals surface area contributed by atoms with E-state index in [0.29, 0.717) is 19.7 Å². The summed E-state index contributed by atoms with van der Waals surface area (Å²) in [7, 11) is -0.978. The second-order valence-electron chi connectivity index (χ2n) is 4.23. The second kappa shape index (κ2) is 8.63. The molecule has 2 N–H and O–H groups in total. The summed E-state index contributed by atoms with van der Waals surface area (Å²) in [4.78, 5) is 9.93. The Balaban J connectivity index is 2.74. The van der Waals surface area contributed by atoms with Crippen molar-refractivity contribution >= 4 is 15.7 Å². The Hall–Kier alpha value is -1.75. The van der Waals surface area contributed by atoms with Gasteiger partial charge in [0.1, 0.15) is 10.6 Å². The molecule has 0 radical (unpaired) electrons. The van der Waals surface area contributed by atoms with Gasteiger partial charge in [-0.25, -0.2) is 13.1 Å². The maximum absolute atomic E-state index is 12.2. The van der Waals surface area contributed by atoms with Crippen LogP contribution in [0.1, 0.15) is 0 Å². The van der Waals surface area contributed by atoms with E-state index in [0.717, 1.165) is 18.2 Å². The Kier molecular flexibility index (Phi) is 7.18. The van der Waals surface area contributed by atoms with E-state index in [-0.39, 0.29) is 22.9 Å². The first kappa shape index (κ1) is 18.3. The van der Waals surface area contributed by atoms with Crippen LogP contribution in [0.2, 0.25) is 0 Å². The van der Waals surface area contributed by atoms with Gasteiger partial charge in [-0.05, 0) is 6.07 Å². The number of ether oxygens (including phenoxy) is 2. The zero-order chi connectivity index (χ0) is 16.6. The van der Waals surface area contributed by atoms with Crippen molar-refractivity contribution in [1.82, 2.24) is 10.0 Å². The van der Waals surface area contributed by atoms with Crippen LogP contribution in [0.25, 0.3) is 0 Å². The molecule has 1 aromatic carbocycles. The lowest BCUT2D eigenvalue weighted by molar-refractivity contribution is -0.385. The summed E-state index contributed by atoms with van der Waals surface area (Å²) in [5, 5.41) is 13.7. The van der Waals surface area contributed by atoms with Crippen molar-refractivity contribution in [2.75, 3.05) is 40.5 Å². The summed E-state index contributed by atoms with van der Waals surface area (Å²) in [5.41, 5.74) is -0.239. The molecule has 0 unspecified atom stereocenters. The van der Waals surface area contributed by atoms with E-state index in [1.165, 1.54) is 7.11 Å². The SMILES string of the molecule is COCCNCCNS(=O)(=O)c1ccc([N+](=O)[O-])cc1OC. The van der Waals surface area contributed by atoms with E-state index < -0.39 is 14.9 Å². The van der Waals surface area contributed by atoms with Gasteiger partial charge in [0, 0.05) is 32.8 Å². The van der Waals surface area contributed by atoms with Gasteiger partial charge in [0.2, 0.25) is 10.0 Å². The minimum absolute atomic E-state index is 0.0750. The first-order valence-electron chi connectivity index (χ1n) is 6.44. The molecule has 0 aromatic heterocycles. The molecule has 0 amide bonds. The van der Waals surface area contributed by atoms with E-state index in [9.17, 15) is 18.5 Å². The first-order valence-corrected chi connectivity index (χ1v) is 7.92. The van der Waals surface area contributed by atoms with Crippen molar-refractivity contribution in [2.45, 2.75) is 4.90 Å². The average molecular weight is 333 g/mol. The van der Waals surface area contributed by atoms with E-state index in [2.05, 4.69) is 10.0 Å². The molecule has 0 aliphatic carbocycles. The molecule has 0 saturated carbocycles. The minimum atomic E-state index is -3.81. The topological polar surface area (TPSA) is 120 Å². The molecule has 22 heavy (non-hydrogen) atoms.